The van der Waals surface area contributed by atoms with Gasteiger partial charge in [-0.25, -0.2) is 0 Å². The number of aliphatic hydroxyl groups is 1. The molecule has 3 saturated carbocycles. The van der Waals surface area contributed by atoms with Crippen molar-refractivity contribution in [2.24, 2.45) is 52.3 Å². The Morgan fingerprint density at radius 1 is 0.933 bits per heavy atom. The van der Waals surface area contributed by atoms with Crippen molar-refractivity contribution >= 4 is 0 Å². The fourth-order valence-corrected chi connectivity index (χ4v) is 8.54. The van der Waals surface area contributed by atoms with Gasteiger partial charge in [0.25, 0.3) is 0 Å². The highest BCUT2D eigenvalue weighted by atomic mass is 16.3. The van der Waals surface area contributed by atoms with E-state index < -0.39 is 0 Å². The molecule has 0 aromatic heterocycles. The van der Waals surface area contributed by atoms with Crippen LogP contribution in [-0.4, -0.2) is 11.2 Å². The minimum Gasteiger partial charge on any atom is -0.393 e. The van der Waals surface area contributed by atoms with Gasteiger partial charge in [0.15, 0.2) is 0 Å². The third-order valence-electron chi connectivity index (χ3n) is 11.0. The quantitative estimate of drug-likeness (QED) is 0.467. The first-order chi connectivity index (χ1) is 14.1. The van der Waals surface area contributed by atoms with Crippen LogP contribution in [0, 0.1) is 52.3 Å². The van der Waals surface area contributed by atoms with E-state index in [-0.39, 0.29) is 6.10 Å². The van der Waals surface area contributed by atoms with Gasteiger partial charge in [-0.3, -0.25) is 0 Å². The summed E-state index contributed by atoms with van der Waals surface area (Å²) < 4.78 is 0. The summed E-state index contributed by atoms with van der Waals surface area (Å²) in [6, 6.07) is 0. The molecule has 9 atom stereocenters. The summed E-state index contributed by atoms with van der Waals surface area (Å²) in [6.07, 6.45) is 15.4. The predicted octanol–water partition coefficient (Wildman–Crippen LogP) is 7.80. The Morgan fingerprint density at radius 2 is 1.67 bits per heavy atom. The van der Waals surface area contributed by atoms with Gasteiger partial charge in [0.05, 0.1) is 6.10 Å². The molecule has 4 aliphatic rings. The van der Waals surface area contributed by atoms with Crippen molar-refractivity contribution in [3.8, 4) is 0 Å². The Kier molecular flexibility index (Phi) is 6.10. The molecule has 1 heteroatoms. The summed E-state index contributed by atoms with van der Waals surface area (Å²) in [4.78, 5) is 0. The number of allylic oxidation sites excluding steroid dienone is 4. The van der Waals surface area contributed by atoms with Crippen LogP contribution in [0.25, 0.3) is 0 Å². The fourth-order valence-electron chi connectivity index (χ4n) is 8.54. The van der Waals surface area contributed by atoms with E-state index in [1.807, 2.05) is 11.1 Å². The normalized spacial score (nSPS) is 46.0. The molecule has 0 amide bonds. The van der Waals surface area contributed by atoms with Gasteiger partial charge in [-0.05, 0) is 104 Å². The number of hydrogen-bond donors (Lipinski definition) is 1. The molecule has 0 aliphatic heterocycles. The van der Waals surface area contributed by atoms with Gasteiger partial charge in [0, 0.05) is 0 Å². The molecule has 0 aromatic rings. The van der Waals surface area contributed by atoms with Crippen molar-refractivity contribution < 1.29 is 5.11 Å². The van der Waals surface area contributed by atoms with Crippen LogP contribution in [0.1, 0.15) is 99.8 Å². The zero-order valence-electron chi connectivity index (χ0n) is 20.9. The average Bonchev–Trinajstić information content (AvgIpc) is 3.06. The van der Waals surface area contributed by atoms with Crippen LogP contribution in [0.15, 0.2) is 23.3 Å². The number of hydrogen-bond acceptors (Lipinski definition) is 1. The summed E-state index contributed by atoms with van der Waals surface area (Å²) in [5.74, 6) is 4.89. The van der Waals surface area contributed by atoms with E-state index in [0.717, 1.165) is 30.1 Å². The Balaban J connectivity index is 1.59. The molecule has 0 heterocycles. The second kappa shape index (κ2) is 8.09. The first-order valence-corrected chi connectivity index (χ1v) is 13.2. The van der Waals surface area contributed by atoms with Crippen LogP contribution < -0.4 is 0 Å². The van der Waals surface area contributed by atoms with Crippen molar-refractivity contribution in [2.45, 2.75) is 106 Å². The van der Waals surface area contributed by atoms with E-state index in [0.29, 0.717) is 28.6 Å². The van der Waals surface area contributed by atoms with Crippen molar-refractivity contribution in [1.82, 2.24) is 0 Å². The van der Waals surface area contributed by atoms with Gasteiger partial charge in [0.2, 0.25) is 0 Å². The topological polar surface area (TPSA) is 20.2 Å². The summed E-state index contributed by atoms with van der Waals surface area (Å²) in [5.41, 5.74) is 4.64. The SMILES string of the molecule is CC1C(O)CC[C@@]2(C)C1CCC1=C3CC[C@H]([C@H](C)C=C[C@H](C)C(C)C)[C@@]3(C)CC[C@@H]12. The molecule has 3 fully saturated rings. The molecule has 0 spiro atoms. The molecule has 3 unspecified atom stereocenters. The zero-order valence-corrected chi connectivity index (χ0v) is 20.9. The molecule has 4 aliphatic carbocycles. The maximum Gasteiger partial charge on any atom is 0.0568 e. The van der Waals surface area contributed by atoms with Crippen molar-refractivity contribution in [3.63, 3.8) is 0 Å². The predicted molar refractivity (Wildman–Crippen MR) is 128 cm³/mol. The first kappa shape index (κ1) is 22.6. The van der Waals surface area contributed by atoms with Crippen LogP contribution >= 0.6 is 0 Å². The van der Waals surface area contributed by atoms with E-state index in [9.17, 15) is 5.11 Å². The highest BCUT2D eigenvalue weighted by Crippen LogP contribution is 2.66. The van der Waals surface area contributed by atoms with Crippen LogP contribution in [-0.2, 0) is 0 Å². The second-order valence-electron chi connectivity index (χ2n) is 12.6. The monoisotopic (exact) mass is 412 g/mol. The van der Waals surface area contributed by atoms with Crippen molar-refractivity contribution in [1.29, 1.82) is 0 Å². The molecular weight excluding hydrogens is 364 g/mol. The van der Waals surface area contributed by atoms with Gasteiger partial charge in [-0.1, -0.05) is 71.8 Å². The molecular formula is C29H48O. The second-order valence-corrected chi connectivity index (χ2v) is 12.6. The van der Waals surface area contributed by atoms with E-state index in [2.05, 4.69) is 60.6 Å². The number of aliphatic hydroxyl groups excluding tert-OH is 1. The van der Waals surface area contributed by atoms with Crippen LogP contribution in [0.4, 0.5) is 0 Å². The van der Waals surface area contributed by atoms with Gasteiger partial charge >= 0.3 is 0 Å². The molecule has 0 saturated heterocycles. The highest BCUT2D eigenvalue weighted by molar-refractivity contribution is 5.35. The molecule has 0 bridgehead atoms. The zero-order chi connectivity index (χ0) is 21.8. The molecule has 0 radical (unpaired) electrons. The molecule has 30 heavy (non-hydrogen) atoms. The highest BCUT2D eigenvalue weighted by Gasteiger charge is 2.56. The number of rotatable bonds is 4. The van der Waals surface area contributed by atoms with Crippen molar-refractivity contribution in [2.75, 3.05) is 0 Å². The smallest absolute Gasteiger partial charge is 0.0568 e. The first-order valence-electron chi connectivity index (χ1n) is 13.2. The van der Waals surface area contributed by atoms with Gasteiger partial charge in [-0.15, -0.1) is 0 Å². The number of fused-ring (bicyclic) bond motifs is 4. The Bertz CT molecular complexity index is 701. The van der Waals surface area contributed by atoms with Crippen molar-refractivity contribution in [3.05, 3.63) is 23.3 Å². The van der Waals surface area contributed by atoms with E-state index in [4.69, 9.17) is 0 Å². The lowest BCUT2D eigenvalue weighted by Gasteiger charge is -2.58. The lowest BCUT2D eigenvalue weighted by Crippen LogP contribution is -2.51. The third kappa shape index (κ3) is 3.46. The van der Waals surface area contributed by atoms with Gasteiger partial charge < -0.3 is 5.11 Å². The lowest BCUT2D eigenvalue weighted by molar-refractivity contribution is -0.0777. The van der Waals surface area contributed by atoms with E-state index in [1.165, 1.54) is 44.9 Å². The Labute approximate surface area is 186 Å². The summed E-state index contributed by atoms with van der Waals surface area (Å²) in [6.45, 7) is 17.1. The molecule has 4 rings (SSSR count). The summed E-state index contributed by atoms with van der Waals surface area (Å²) in [7, 11) is 0. The summed E-state index contributed by atoms with van der Waals surface area (Å²) in [5, 5.41) is 10.5. The fraction of sp³-hybridized carbons (Fsp3) is 0.862. The lowest BCUT2D eigenvalue weighted by atomic mass is 9.47. The molecule has 1 N–H and O–H groups in total. The van der Waals surface area contributed by atoms with E-state index >= 15 is 0 Å². The standard InChI is InChI=1S/C29H48O/c1-18(2)19(3)8-9-20(4)23-12-13-25-22-10-11-24-21(5)27(30)15-17-29(24,7)26(22)14-16-28(23,25)6/h8-9,18-21,23-24,26-27,30H,10-17H2,1-7H3/t19-,20+,21?,23+,24?,26-,27?,28+,29-/m0/s1. The van der Waals surface area contributed by atoms with Gasteiger partial charge in [-0.2, -0.15) is 0 Å². The maximum absolute atomic E-state index is 10.5. The van der Waals surface area contributed by atoms with Crippen LogP contribution in [0.5, 0.6) is 0 Å². The minimum absolute atomic E-state index is 0.0668. The van der Waals surface area contributed by atoms with Gasteiger partial charge in [0.1, 0.15) is 0 Å². The molecule has 1 nitrogen and oxygen atoms in total. The third-order valence-corrected chi connectivity index (χ3v) is 11.0. The Morgan fingerprint density at radius 3 is 2.37 bits per heavy atom. The van der Waals surface area contributed by atoms with E-state index in [1.54, 1.807) is 0 Å². The maximum atomic E-state index is 10.5. The molecule has 170 valence electrons. The summed E-state index contributed by atoms with van der Waals surface area (Å²) >= 11 is 0. The van der Waals surface area contributed by atoms with Crippen LogP contribution in [0.3, 0.4) is 0 Å². The van der Waals surface area contributed by atoms with Crippen LogP contribution in [0.2, 0.25) is 0 Å². The Hall–Kier alpha value is -0.560. The molecule has 0 aromatic carbocycles. The minimum atomic E-state index is -0.0668. The average molecular weight is 413 g/mol. The largest absolute Gasteiger partial charge is 0.393 e.